The highest BCUT2D eigenvalue weighted by atomic mass is 79.9. The molecule has 0 spiro atoms. The first-order valence-electron chi connectivity index (χ1n) is 5.96. The molecule has 0 saturated carbocycles. The quantitative estimate of drug-likeness (QED) is 0.615. The molecular formula is C13H18BrFO4. The fraction of sp³-hybridized carbons (Fsp3) is 0.538. The average molecular weight is 337 g/mol. The van der Waals surface area contributed by atoms with Crippen LogP contribution in [0.2, 0.25) is 0 Å². The summed E-state index contributed by atoms with van der Waals surface area (Å²) in [5.41, 5.74) is 0. The van der Waals surface area contributed by atoms with Crippen LogP contribution < -0.4 is 4.74 Å². The number of methoxy groups -OCH3 is 1. The molecule has 0 aliphatic rings. The van der Waals surface area contributed by atoms with Crippen molar-refractivity contribution in [2.45, 2.75) is 0 Å². The Balaban J connectivity index is 2.00. The molecule has 1 aromatic rings. The van der Waals surface area contributed by atoms with Crippen LogP contribution in [0, 0.1) is 5.82 Å². The third kappa shape index (κ3) is 7.47. The van der Waals surface area contributed by atoms with Gasteiger partial charge in [0.05, 0.1) is 37.5 Å². The van der Waals surface area contributed by atoms with E-state index in [4.69, 9.17) is 18.9 Å². The highest BCUT2D eigenvalue weighted by Crippen LogP contribution is 2.21. The van der Waals surface area contributed by atoms with Crippen molar-refractivity contribution in [3.8, 4) is 5.75 Å². The summed E-state index contributed by atoms with van der Waals surface area (Å²) in [4.78, 5) is 0. The Morgan fingerprint density at radius 2 is 1.63 bits per heavy atom. The maximum Gasteiger partial charge on any atom is 0.137 e. The minimum atomic E-state index is -0.309. The molecule has 0 aliphatic carbocycles. The van der Waals surface area contributed by atoms with E-state index >= 15 is 0 Å². The minimum Gasteiger partial charge on any atom is -0.491 e. The van der Waals surface area contributed by atoms with E-state index in [1.807, 2.05) is 0 Å². The van der Waals surface area contributed by atoms with E-state index < -0.39 is 0 Å². The topological polar surface area (TPSA) is 36.9 Å². The maximum atomic E-state index is 13.0. The van der Waals surface area contributed by atoms with Crippen molar-refractivity contribution in [3.63, 3.8) is 0 Å². The number of halogens is 2. The molecule has 0 fully saturated rings. The van der Waals surface area contributed by atoms with Gasteiger partial charge in [-0.05, 0) is 34.1 Å². The molecule has 1 aromatic carbocycles. The molecule has 0 amide bonds. The number of ether oxygens (including phenoxy) is 4. The third-order valence-electron chi connectivity index (χ3n) is 2.19. The number of rotatable bonds is 10. The summed E-state index contributed by atoms with van der Waals surface area (Å²) in [6.45, 7) is 3.08. The van der Waals surface area contributed by atoms with E-state index in [1.165, 1.54) is 6.07 Å². The first-order chi connectivity index (χ1) is 9.24. The predicted molar refractivity (Wildman–Crippen MR) is 73.1 cm³/mol. The summed E-state index contributed by atoms with van der Waals surface area (Å²) in [5, 5.41) is 0. The van der Waals surface area contributed by atoms with Gasteiger partial charge in [0.2, 0.25) is 0 Å². The normalized spacial score (nSPS) is 10.7. The van der Waals surface area contributed by atoms with Crippen LogP contribution in [0.3, 0.4) is 0 Å². The zero-order chi connectivity index (χ0) is 13.9. The summed E-state index contributed by atoms with van der Waals surface area (Å²) >= 11 is 3.10. The van der Waals surface area contributed by atoms with Crippen molar-refractivity contribution < 1.29 is 23.3 Å². The van der Waals surface area contributed by atoms with Crippen LogP contribution in [0.1, 0.15) is 0 Å². The molecule has 4 nitrogen and oxygen atoms in total. The lowest BCUT2D eigenvalue weighted by Crippen LogP contribution is -2.12. The van der Waals surface area contributed by atoms with Gasteiger partial charge in [-0.15, -0.1) is 0 Å². The second-order valence-electron chi connectivity index (χ2n) is 3.64. The van der Waals surface area contributed by atoms with Crippen LogP contribution in [0.15, 0.2) is 22.7 Å². The molecule has 0 aromatic heterocycles. The zero-order valence-corrected chi connectivity index (χ0v) is 12.4. The van der Waals surface area contributed by atoms with Crippen LogP contribution in [-0.2, 0) is 14.2 Å². The Kier molecular flexibility index (Phi) is 8.73. The monoisotopic (exact) mass is 336 g/mol. The lowest BCUT2D eigenvalue weighted by Gasteiger charge is -2.08. The molecule has 0 aliphatic heterocycles. The van der Waals surface area contributed by atoms with Crippen LogP contribution >= 0.6 is 15.9 Å². The molecule has 0 radical (unpaired) electrons. The van der Waals surface area contributed by atoms with Gasteiger partial charge in [-0.2, -0.15) is 0 Å². The molecule has 108 valence electrons. The van der Waals surface area contributed by atoms with Gasteiger partial charge in [0.15, 0.2) is 0 Å². The lowest BCUT2D eigenvalue weighted by molar-refractivity contribution is 0.0179. The van der Waals surface area contributed by atoms with E-state index in [2.05, 4.69) is 15.9 Å². The molecule has 6 heteroatoms. The Bertz CT molecular complexity index is 362. The highest BCUT2D eigenvalue weighted by molar-refractivity contribution is 9.10. The first kappa shape index (κ1) is 16.4. The predicted octanol–water partition coefficient (Wildman–Crippen LogP) is 2.65. The Labute approximate surface area is 120 Å². The van der Waals surface area contributed by atoms with Crippen molar-refractivity contribution >= 4 is 15.9 Å². The summed E-state index contributed by atoms with van der Waals surface area (Å²) < 4.78 is 34.1. The van der Waals surface area contributed by atoms with Crippen molar-refractivity contribution in [2.75, 3.05) is 46.8 Å². The van der Waals surface area contributed by atoms with E-state index in [1.54, 1.807) is 19.2 Å². The van der Waals surface area contributed by atoms with Gasteiger partial charge < -0.3 is 18.9 Å². The van der Waals surface area contributed by atoms with Crippen LogP contribution in [0.4, 0.5) is 4.39 Å². The smallest absolute Gasteiger partial charge is 0.137 e. The van der Waals surface area contributed by atoms with Crippen LogP contribution in [0.25, 0.3) is 0 Å². The zero-order valence-electron chi connectivity index (χ0n) is 10.9. The Morgan fingerprint density at radius 1 is 1.00 bits per heavy atom. The highest BCUT2D eigenvalue weighted by Gasteiger charge is 2.00. The summed E-state index contributed by atoms with van der Waals surface area (Å²) in [6, 6.07) is 4.51. The van der Waals surface area contributed by atoms with Gasteiger partial charge >= 0.3 is 0 Å². The average Bonchev–Trinajstić information content (AvgIpc) is 2.41. The van der Waals surface area contributed by atoms with E-state index in [-0.39, 0.29) is 5.82 Å². The fourth-order valence-electron chi connectivity index (χ4n) is 1.25. The summed E-state index contributed by atoms with van der Waals surface area (Å²) in [5.74, 6) is 0.296. The molecule has 0 atom stereocenters. The SMILES string of the molecule is COCCOCCOCCOc1ccc(F)c(Br)c1. The molecule has 0 heterocycles. The minimum absolute atomic E-state index is 0.309. The molecule has 0 saturated heterocycles. The lowest BCUT2D eigenvalue weighted by atomic mass is 10.3. The van der Waals surface area contributed by atoms with Crippen molar-refractivity contribution in [3.05, 3.63) is 28.5 Å². The molecular weight excluding hydrogens is 319 g/mol. The number of hydrogen-bond acceptors (Lipinski definition) is 4. The first-order valence-corrected chi connectivity index (χ1v) is 6.75. The van der Waals surface area contributed by atoms with Crippen molar-refractivity contribution in [1.29, 1.82) is 0 Å². The van der Waals surface area contributed by atoms with Gasteiger partial charge in [-0.3, -0.25) is 0 Å². The van der Waals surface area contributed by atoms with Gasteiger partial charge in [0.25, 0.3) is 0 Å². The van der Waals surface area contributed by atoms with Gasteiger partial charge in [-0.25, -0.2) is 4.39 Å². The molecule has 0 unspecified atom stereocenters. The Hall–Kier alpha value is -0.690. The number of benzene rings is 1. The van der Waals surface area contributed by atoms with Crippen molar-refractivity contribution in [1.82, 2.24) is 0 Å². The van der Waals surface area contributed by atoms with Gasteiger partial charge in [0.1, 0.15) is 18.2 Å². The molecule has 0 N–H and O–H groups in total. The molecule has 1 rings (SSSR count). The summed E-state index contributed by atoms with van der Waals surface area (Å²) in [6.07, 6.45) is 0. The van der Waals surface area contributed by atoms with Crippen LogP contribution in [0.5, 0.6) is 5.75 Å². The van der Waals surface area contributed by atoms with Crippen LogP contribution in [-0.4, -0.2) is 46.8 Å². The molecule has 0 bridgehead atoms. The largest absolute Gasteiger partial charge is 0.491 e. The fourth-order valence-corrected chi connectivity index (χ4v) is 1.61. The maximum absolute atomic E-state index is 13.0. The summed E-state index contributed by atoms with van der Waals surface area (Å²) in [7, 11) is 1.63. The Morgan fingerprint density at radius 3 is 2.26 bits per heavy atom. The van der Waals surface area contributed by atoms with Crippen molar-refractivity contribution in [2.24, 2.45) is 0 Å². The molecule has 19 heavy (non-hydrogen) atoms. The van der Waals surface area contributed by atoms with Gasteiger partial charge in [-0.1, -0.05) is 0 Å². The second-order valence-corrected chi connectivity index (χ2v) is 4.50. The van der Waals surface area contributed by atoms with E-state index in [0.29, 0.717) is 49.9 Å². The number of hydrogen-bond donors (Lipinski definition) is 0. The van der Waals surface area contributed by atoms with Gasteiger partial charge in [0, 0.05) is 7.11 Å². The van der Waals surface area contributed by atoms with E-state index in [9.17, 15) is 4.39 Å². The second kappa shape index (κ2) is 10.1. The van der Waals surface area contributed by atoms with E-state index in [0.717, 1.165) is 0 Å². The standard InChI is InChI=1S/C13H18BrFO4/c1-16-4-5-17-6-7-18-8-9-19-11-2-3-13(15)12(14)10-11/h2-3,10H,4-9H2,1H3. The third-order valence-corrected chi connectivity index (χ3v) is 2.80.